The molecule has 0 radical (unpaired) electrons. The van der Waals surface area contributed by atoms with Crippen molar-refractivity contribution >= 4 is 28.5 Å². The summed E-state index contributed by atoms with van der Waals surface area (Å²) in [7, 11) is 0. The highest BCUT2D eigenvalue weighted by molar-refractivity contribution is 7.16. The van der Waals surface area contributed by atoms with Crippen molar-refractivity contribution in [2.75, 3.05) is 0 Å². The van der Waals surface area contributed by atoms with E-state index in [-0.39, 0.29) is 5.91 Å². The van der Waals surface area contributed by atoms with Gasteiger partial charge in [-0.25, -0.2) is 4.99 Å². The maximum atomic E-state index is 11.7. The molecule has 0 saturated carbocycles. The van der Waals surface area contributed by atoms with E-state index in [0.717, 1.165) is 24.8 Å². The zero-order chi connectivity index (χ0) is 14.1. The van der Waals surface area contributed by atoms with Crippen molar-refractivity contribution in [1.82, 2.24) is 0 Å². The van der Waals surface area contributed by atoms with Gasteiger partial charge in [0.25, 0.3) is 5.91 Å². The summed E-state index contributed by atoms with van der Waals surface area (Å²) in [5, 5.41) is 0.702. The first kappa shape index (κ1) is 13.1. The van der Waals surface area contributed by atoms with Gasteiger partial charge in [0.15, 0.2) is 0 Å². The van der Waals surface area contributed by atoms with Gasteiger partial charge in [0, 0.05) is 4.88 Å². The molecule has 5 heteroatoms. The lowest BCUT2D eigenvalue weighted by Crippen LogP contribution is -2.16. The lowest BCUT2D eigenvalue weighted by atomic mass is 9.88. The van der Waals surface area contributed by atoms with Gasteiger partial charge < -0.3 is 10.2 Å². The Morgan fingerprint density at radius 3 is 3.15 bits per heavy atom. The Labute approximate surface area is 121 Å². The van der Waals surface area contributed by atoms with Gasteiger partial charge in [-0.2, -0.15) is 0 Å². The van der Waals surface area contributed by atoms with Crippen LogP contribution in [-0.2, 0) is 12.8 Å². The van der Waals surface area contributed by atoms with E-state index in [1.54, 1.807) is 29.9 Å². The molecule has 0 unspecified atom stereocenters. The Morgan fingerprint density at radius 2 is 2.45 bits per heavy atom. The number of rotatable bonds is 3. The molecule has 2 aromatic rings. The number of primary amides is 1. The third-order valence-electron chi connectivity index (χ3n) is 3.59. The molecular formula is C15H16N2O2S. The summed E-state index contributed by atoms with van der Waals surface area (Å²) in [5.74, 6) is 0.938. The number of carbonyl (C=O) groups is 1. The molecule has 0 aliphatic heterocycles. The van der Waals surface area contributed by atoms with E-state index in [1.165, 1.54) is 4.88 Å². The molecule has 1 atom stereocenters. The molecule has 0 fully saturated rings. The molecule has 1 aliphatic rings. The standard InChI is InChI=1S/C15H16N2O2S/c1-9-4-5-11-12(7-9)20-15(13(11)14(16)18)17-8-10-3-2-6-19-10/h2-3,6,8-9H,4-5,7H2,1H3,(H2,16,18)/t9-/m0/s1. The first-order chi connectivity index (χ1) is 9.65. The topological polar surface area (TPSA) is 68.6 Å². The SMILES string of the molecule is C[C@H]1CCc2c(sc(N=Cc3ccco3)c2C(N)=O)C1. The molecule has 0 bridgehead atoms. The number of thiophene rings is 1. The maximum Gasteiger partial charge on any atom is 0.252 e. The van der Waals surface area contributed by atoms with E-state index in [0.29, 0.717) is 22.2 Å². The molecular weight excluding hydrogens is 272 g/mol. The minimum Gasteiger partial charge on any atom is -0.463 e. The minimum absolute atomic E-state index is 0.386. The normalized spacial score (nSPS) is 18.4. The number of hydrogen-bond acceptors (Lipinski definition) is 4. The Kier molecular flexibility index (Phi) is 3.44. The molecule has 1 aliphatic carbocycles. The Bertz CT molecular complexity index is 656. The van der Waals surface area contributed by atoms with Crippen LogP contribution in [0.4, 0.5) is 5.00 Å². The van der Waals surface area contributed by atoms with Crippen LogP contribution in [0.15, 0.2) is 27.8 Å². The quantitative estimate of drug-likeness (QED) is 0.880. The van der Waals surface area contributed by atoms with Gasteiger partial charge >= 0.3 is 0 Å². The van der Waals surface area contributed by atoms with Gasteiger partial charge in [-0.1, -0.05) is 6.92 Å². The van der Waals surface area contributed by atoms with Crippen LogP contribution in [0.25, 0.3) is 0 Å². The number of nitrogens with two attached hydrogens (primary N) is 1. The first-order valence-corrected chi connectivity index (χ1v) is 7.48. The zero-order valence-corrected chi connectivity index (χ0v) is 12.1. The summed E-state index contributed by atoms with van der Waals surface area (Å²) in [6, 6.07) is 3.63. The van der Waals surface area contributed by atoms with E-state index in [9.17, 15) is 4.79 Å². The van der Waals surface area contributed by atoms with Gasteiger partial charge in [-0.15, -0.1) is 11.3 Å². The van der Waals surface area contributed by atoms with Crippen molar-refractivity contribution in [3.8, 4) is 0 Å². The summed E-state index contributed by atoms with van der Waals surface area (Å²) < 4.78 is 5.21. The van der Waals surface area contributed by atoms with Crippen molar-refractivity contribution in [2.24, 2.45) is 16.6 Å². The Balaban J connectivity index is 2.00. The van der Waals surface area contributed by atoms with Crippen molar-refractivity contribution in [3.63, 3.8) is 0 Å². The third-order valence-corrected chi connectivity index (χ3v) is 4.75. The number of amides is 1. The highest BCUT2D eigenvalue weighted by atomic mass is 32.1. The molecule has 4 nitrogen and oxygen atoms in total. The second kappa shape index (κ2) is 5.25. The van der Waals surface area contributed by atoms with E-state index in [4.69, 9.17) is 10.2 Å². The van der Waals surface area contributed by atoms with Gasteiger partial charge in [0.1, 0.15) is 10.8 Å². The summed E-state index contributed by atoms with van der Waals surface area (Å²) >= 11 is 1.58. The molecule has 2 aromatic heterocycles. The van der Waals surface area contributed by atoms with E-state index in [1.807, 2.05) is 6.07 Å². The number of furan rings is 1. The van der Waals surface area contributed by atoms with Crippen molar-refractivity contribution < 1.29 is 9.21 Å². The molecule has 0 aromatic carbocycles. The Hall–Kier alpha value is -1.88. The van der Waals surface area contributed by atoms with Crippen molar-refractivity contribution in [2.45, 2.75) is 26.2 Å². The molecule has 1 amide bonds. The summed E-state index contributed by atoms with van der Waals surface area (Å²) in [6.45, 7) is 2.23. The minimum atomic E-state index is -0.386. The smallest absolute Gasteiger partial charge is 0.252 e. The molecule has 2 heterocycles. The fourth-order valence-electron chi connectivity index (χ4n) is 2.57. The monoisotopic (exact) mass is 288 g/mol. The van der Waals surface area contributed by atoms with Crippen LogP contribution in [0, 0.1) is 5.92 Å². The number of carbonyl (C=O) groups excluding carboxylic acids is 1. The average molecular weight is 288 g/mol. The zero-order valence-electron chi connectivity index (χ0n) is 11.3. The number of fused-ring (bicyclic) bond motifs is 1. The maximum absolute atomic E-state index is 11.7. The third kappa shape index (κ3) is 2.41. The highest BCUT2D eigenvalue weighted by Gasteiger charge is 2.26. The van der Waals surface area contributed by atoms with Crippen molar-refractivity contribution in [3.05, 3.63) is 40.2 Å². The largest absolute Gasteiger partial charge is 0.463 e. The van der Waals surface area contributed by atoms with Crippen LogP contribution in [0.2, 0.25) is 0 Å². The lowest BCUT2D eigenvalue weighted by Gasteiger charge is -2.18. The lowest BCUT2D eigenvalue weighted by molar-refractivity contribution is 0.1000. The predicted octanol–water partition coefficient (Wildman–Crippen LogP) is 3.32. The second-order valence-corrected chi connectivity index (χ2v) is 6.25. The molecule has 104 valence electrons. The van der Waals surface area contributed by atoms with E-state index < -0.39 is 0 Å². The van der Waals surface area contributed by atoms with E-state index >= 15 is 0 Å². The van der Waals surface area contributed by atoms with Crippen LogP contribution in [0.5, 0.6) is 0 Å². The first-order valence-electron chi connectivity index (χ1n) is 6.67. The second-order valence-electron chi connectivity index (χ2n) is 5.17. The van der Waals surface area contributed by atoms with E-state index in [2.05, 4.69) is 11.9 Å². The molecule has 2 N–H and O–H groups in total. The molecule has 3 rings (SSSR count). The van der Waals surface area contributed by atoms with Crippen LogP contribution in [0.3, 0.4) is 0 Å². The fourth-order valence-corrected chi connectivity index (χ4v) is 3.93. The summed E-state index contributed by atoms with van der Waals surface area (Å²) in [4.78, 5) is 17.4. The van der Waals surface area contributed by atoms with Crippen molar-refractivity contribution in [1.29, 1.82) is 0 Å². The van der Waals surface area contributed by atoms with Gasteiger partial charge in [-0.05, 0) is 42.9 Å². The highest BCUT2D eigenvalue weighted by Crippen LogP contribution is 2.40. The Morgan fingerprint density at radius 1 is 1.60 bits per heavy atom. The molecule has 20 heavy (non-hydrogen) atoms. The number of hydrogen-bond donors (Lipinski definition) is 1. The van der Waals surface area contributed by atoms with Gasteiger partial charge in [-0.3, -0.25) is 4.79 Å². The average Bonchev–Trinajstić information content (AvgIpc) is 3.02. The fraction of sp³-hybridized carbons (Fsp3) is 0.333. The van der Waals surface area contributed by atoms with Gasteiger partial charge in [0.05, 0.1) is 18.0 Å². The van der Waals surface area contributed by atoms with Gasteiger partial charge in [0.2, 0.25) is 0 Å². The molecule has 0 saturated heterocycles. The summed E-state index contributed by atoms with van der Waals surface area (Å²) in [6.07, 6.45) is 6.26. The predicted molar refractivity (Wildman–Crippen MR) is 80.0 cm³/mol. The number of aliphatic imine (C=N–C) groups is 1. The van der Waals surface area contributed by atoms with Crippen LogP contribution in [-0.4, -0.2) is 12.1 Å². The number of nitrogens with zero attached hydrogens (tertiary/aromatic N) is 1. The van der Waals surface area contributed by atoms with Crippen LogP contribution >= 0.6 is 11.3 Å². The van der Waals surface area contributed by atoms with Crippen LogP contribution < -0.4 is 5.73 Å². The molecule has 0 spiro atoms. The summed E-state index contributed by atoms with van der Waals surface area (Å²) in [5.41, 5.74) is 7.24. The van der Waals surface area contributed by atoms with Crippen LogP contribution in [0.1, 0.15) is 39.9 Å².